The summed E-state index contributed by atoms with van der Waals surface area (Å²) < 4.78 is 5.17. The highest BCUT2D eigenvalue weighted by Crippen LogP contribution is 2.20. The monoisotopic (exact) mass is 688 g/mol. The van der Waals surface area contributed by atoms with E-state index in [1.54, 1.807) is 26.0 Å². The fraction of sp³-hybridized carbons (Fsp3) is 0.395. The van der Waals surface area contributed by atoms with Crippen LogP contribution >= 0.6 is 0 Å². The largest absolute Gasteiger partial charge is 0.480 e. The molecule has 3 rings (SSSR count). The zero-order valence-electron chi connectivity index (χ0n) is 28.9. The smallest absolute Gasteiger partial charge is 0.408 e. The maximum atomic E-state index is 13.5. The van der Waals surface area contributed by atoms with Crippen LogP contribution in [0.5, 0.6) is 0 Å². The van der Waals surface area contributed by atoms with Gasteiger partial charge < -0.3 is 36.2 Å². The minimum atomic E-state index is -1.23. The molecule has 50 heavy (non-hydrogen) atoms. The van der Waals surface area contributed by atoms with Crippen LogP contribution in [-0.2, 0) is 43.4 Å². The van der Waals surface area contributed by atoms with Crippen molar-refractivity contribution in [2.45, 2.75) is 83.8 Å². The third-order valence-corrected chi connectivity index (χ3v) is 8.24. The van der Waals surface area contributed by atoms with E-state index in [0.717, 1.165) is 16.7 Å². The Bertz CT molecular complexity index is 1540. The second-order valence-electron chi connectivity index (χ2n) is 12.7. The Morgan fingerprint density at radius 1 is 0.620 bits per heavy atom. The van der Waals surface area contributed by atoms with Crippen LogP contribution in [0.3, 0.4) is 0 Å². The van der Waals surface area contributed by atoms with Crippen molar-refractivity contribution in [2.75, 3.05) is 0 Å². The van der Waals surface area contributed by atoms with Gasteiger partial charge in [0.25, 0.3) is 0 Å². The first-order chi connectivity index (χ1) is 23.8. The number of aliphatic hydroxyl groups excluding tert-OH is 1. The van der Waals surface area contributed by atoms with E-state index in [2.05, 4.69) is 21.3 Å². The van der Waals surface area contributed by atoms with Gasteiger partial charge in [-0.05, 0) is 55.7 Å². The molecule has 0 saturated carbocycles. The number of hydrogen-bond donors (Lipinski definition) is 6. The summed E-state index contributed by atoms with van der Waals surface area (Å²) in [6, 6.07) is 23.3. The van der Waals surface area contributed by atoms with Crippen molar-refractivity contribution < 1.29 is 38.9 Å². The van der Waals surface area contributed by atoms with Gasteiger partial charge in [0.15, 0.2) is 0 Å². The number of benzene rings is 3. The number of carboxylic acid groups (broad SMARTS) is 1. The van der Waals surface area contributed by atoms with E-state index in [-0.39, 0.29) is 31.8 Å². The molecule has 0 aliphatic heterocycles. The van der Waals surface area contributed by atoms with Crippen molar-refractivity contribution in [1.29, 1.82) is 0 Å². The minimum absolute atomic E-state index is 0.0245. The van der Waals surface area contributed by atoms with E-state index < -0.39 is 66.0 Å². The first-order valence-electron chi connectivity index (χ1n) is 16.7. The van der Waals surface area contributed by atoms with E-state index >= 15 is 0 Å². The van der Waals surface area contributed by atoms with Crippen molar-refractivity contribution in [2.24, 2.45) is 11.8 Å². The molecule has 0 aromatic heterocycles. The molecule has 0 aliphatic rings. The van der Waals surface area contributed by atoms with Crippen molar-refractivity contribution >= 4 is 29.8 Å². The van der Waals surface area contributed by atoms with E-state index in [1.807, 2.05) is 78.9 Å². The number of rotatable bonds is 18. The van der Waals surface area contributed by atoms with Crippen molar-refractivity contribution in [3.63, 3.8) is 0 Å². The molecular formula is C38H48N4O8. The number of aliphatic carboxylic acids is 1. The van der Waals surface area contributed by atoms with Gasteiger partial charge in [0.1, 0.15) is 24.7 Å². The van der Waals surface area contributed by atoms with Crippen LogP contribution < -0.4 is 21.3 Å². The molecule has 6 N–H and O–H groups in total. The zero-order chi connectivity index (χ0) is 36.6. The van der Waals surface area contributed by atoms with E-state index in [9.17, 15) is 34.2 Å². The molecule has 0 fully saturated rings. The number of carbonyl (C=O) groups is 5. The van der Waals surface area contributed by atoms with Crippen LogP contribution in [-0.4, -0.2) is 70.3 Å². The molecule has 12 nitrogen and oxygen atoms in total. The normalized spacial score (nSPS) is 14.6. The average Bonchev–Trinajstić information content (AvgIpc) is 3.09. The summed E-state index contributed by atoms with van der Waals surface area (Å²) in [7, 11) is 0. The van der Waals surface area contributed by atoms with Gasteiger partial charge in [-0.25, -0.2) is 9.59 Å². The van der Waals surface area contributed by atoms with Crippen molar-refractivity contribution in [3.8, 4) is 0 Å². The molecule has 6 atom stereocenters. The topological polar surface area (TPSA) is 183 Å². The molecule has 12 heteroatoms. The summed E-state index contributed by atoms with van der Waals surface area (Å²) in [5.74, 6) is -4.10. The second kappa shape index (κ2) is 19.7. The highest BCUT2D eigenvalue weighted by atomic mass is 16.5. The molecule has 0 radical (unpaired) electrons. The number of amides is 4. The minimum Gasteiger partial charge on any atom is -0.480 e. The van der Waals surface area contributed by atoms with Gasteiger partial charge in [-0.2, -0.15) is 0 Å². The highest BCUT2D eigenvalue weighted by Gasteiger charge is 2.33. The van der Waals surface area contributed by atoms with E-state index in [4.69, 9.17) is 4.74 Å². The SMILES string of the molecule is CC(C)[C@@H](NC(=O)C(Cc1ccccc1)C[C@H](O)[C@H](Cc1ccccc1)NC(=O)[C@H](C)NC(=O)[C@H](C)NC(=O)OCc1ccccc1)C(=O)O. The van der Waals surface area contributed by atoms with Gasteiger partial charge in [-0.3, -0.25) is 14.4 Å². The first-order valence-corrected chi connectivity index (χ1v) is 16.7. The van der Waals surface area contributed by atoms with Crippen LogP contribution in [0.25, 0.3) is 0 Å². The Hall–Kier alpha value is -5.23. The van der Waals surface area contributed by atoms with Crippen LogP contribution in [0.2, 0.25) is 0 Å². The Balaban J connectivity index is 1.70. The molecule has 0 heterocycles. The van der Waals surface area contributed by atoms with Crippen LogP contribution in [0.15, 0.2) is 91.0 Å². The number of hydrogen-bond acceptors (Lipinski definition) is 7. The lowest BCUT2D eigenvalue weighted by atomic mass is 9.88. The van der Waals surface area contributed by atoms with Crippen LogP contribution in [0.1, 0.15) is 50.8 Å². The fourth-order valence-electron chi connectivity index (χ4n) is 5.29. The molecule has 1 unspecified atom stereocenters. The number of nitrogens with one attached hydrogen (secondary N) is 4. The zero-order valence-corrected chi connectivity index (χ0v) is 28.9. The summed E-state index contributed by atoms with van der Waals surface area (Å²) in [6.45, 7) is 6.34. The lowest BCUT2D eigenvalue weighted by molar-refractivity contribution is -0.144. The van der Waals surface area contributed by atoms with Crippen molar-refractivity contribution in [1.82, 2.24) is 21.3 Å². The maximum absolute atomic E-state index is 13.5. The lowest BCUT2D eigenvalue weighted by Gasteiger charge is -2.29. The van der Waals surface area contributed by atoms with Gasteiger partial charge >= 0.3 is 12.1 Å². The Morgan fingerprint density at radius 3 is 1.62 bits per heavy atom. The van der Waals surface area contributed by atoms with Crippen molar-refractivity contribution in [3.05, 3.63) is 108 Å². The van der Waals surface area contributed by atoms with Gasteiger partial charge in [0.2, 0.25) is 17.7 Å². The van der Waals surface area contributed by atoms with Crippen LogP contribution in [0, 0.1) is 11.8 Å². The molecule has 268 valence electrons. The second-order valence-corrected chi connectivity index (χ2v) is 12.7. The van der Waals surface area contributed by atoms with Gasteiger partial charge in [-0.1, -0.05) is 105 Å². The summed E-state index contributed by atoms with van der Waals surface area (Å²) in [6.07, 6.45) is -1.68. The molecule has 0 bridgehead atoms. The Kier molecular flexibility index (Phi) is 15.4. The molecular weight excluding hydrogens is 640 g/mol. The van der Waals surface area contributed by atoms with Gasteiger partial charge in [-0.15, -0.1) is 0 Å². The molecule has 0 spiro atoms. The quantitative estimate of drug-likeness (QED) is 0.118. The summed E-state index contributed by atoms with van der Waals surface area (Å²) in [4.78, 5) is 63.9. The average molecular weight is 689 g/mol. The fourth-order valence-corrected chi connectivity index (χ4v) is 5.29. The number of alkyl carbamates (subject to hydrolysis) is 1. The third-order valence-electron chi connectivity index (χ3n) is 8.24. The Labute approximate surface area is 293 Å². The third kappa shape index (κ3) is 13.0. The molecule has 3 aromatic carbocycles. The predicted molar refractivity (Wildman–Crippen MR) is 188 cm³/mol. The number of carbonyl (C=O) groups excluding carboxylic acids is 4. The van der Waals surface area contributed by atoms with E-state index in [1.165, 1.54) is 13.8 Å². The number of aliphatic hydroxyl groups is 1. The maximum Gasteiger partial charge on any atom is 0.408 e. The van der Waals surface area contributed by atoms with Crippen LogP contribution in [0.4, 0.5) is 4.79 Å². The molecule has 0 aliphatic carbocycles. The Morgan fingerprint density at radius 2 is 1.10 bits per heavy atom. The molecule has 3 aromatic rings. The predicted octanol–water partition coefficient (Wildman–Crippen LogP) is 3.37. The number of carboxylic acids is 1. The molecule has 4 amide bonds. The van der Waals surface area contributed by atoms with E-state index in [0.29, 0.717) is 0 Å². The number of ether oxygens (including phenoxy) is 1. The lowest BCUT2D eigenvalue weighted by Crippen LogP contribution is -2.55. The van der Waals surface area contributed by atoms with Gasteiger partial charge in [0, 0.05) is 5.92 Å². The summed E-state index contributed by atoms with van der Waals surface area (Å²) >= 11 is 0. The standard InChI is InChI=1S/C38H48N4O8/c1-24(2)33(37(47)48)42-36(46)30(20-27-14-8-5-9-15-27)22-32(43)31(21-28-16-10-6-11-17-28)41-35(45)25(3)39-34(44)26(4)40-38(49)50-23-29-18-12-7-13-19-29/h5-19,24-26,30-33,43H,20-23H2,1-4H3,(H,39,44)(H,40,49)(H,41,45)(H,42,46)(H,47,48)/t25-,26-,30?,31-,32-,33+/m0/s1. The first kappa shape index (κ1) is 39.2. The summed E-state index contributed by atoms with van der Waals surface area (Å²) in [5, 5.41) is 31.8. The molecule has 0 saturated heterocycles. The highest BCUT2D eigenvalue weighted by molar-refractivity contribution is 5.91. The summed E-state index contributed by atoms with van der Waals surface area (Å²) in [5.41, 5.74) is 2.42. The van der Waals surface area contributed by atoms with Gasteiger partial charge in [0.05, 0.1) is 12.1 Å².